The number of nitrogens with two attached hydrogens (primary N) is 1. The van der Waals surface area contributed by atoms with E-state index in [1.54, 1.807) is 6.07 Å². The van der Waals surface area contributed by atoms with Crippen molar-refractivity contribution in [1.29, 1.82) is 0 Å². The molecule has 1 saturated carbocycles. The second kappa shape index (κ2) is 9.42. The van der Waals surface area contributed by atoms with Crippen molar-refractivity contribution in [3.63, 3.8) is 0 Å². The Kier molecular flexibility index (Phi) is 6.27. The Morgan fingerprint density at radius 2 is 1.97 bits per heavy atom. The smallest absolute Gasteiger partial charge is 0.273 e. The van der Waals surface area contributed by atoms with Gasteiger partial charge >= 0.3 is 0 Å². The Hall–Kier alpha value is -3.29. The molecular formula is C31H36F2N4O2. The molecule has 4 atom stereocenters. The number of aryl methyl sites for hydroxylation is 1. The van der Waals surface area contributed by atoms with Crippen LogP contribution >= 0.6 is 0 Å². The number of alkyl halides is 2. The average molecular weight is 535 g/mol. The number of halogens is 2. The molecule has 0 bridgehead atoms. The lowest BCUT2D eigenvalue weighted by molar-refractivity contribution is -0.120. The summed E-state index contributed by atoms with van der Waals surface area (Å²) in [4.78, 5) is 29.4. The van der Waals surface area contributed by atoms with Crippen molar-refractivity contribution in [2.75, 3.05) is 0 Å². The molecule has 4 unspecified atom stereocenters. The molecule has 4 aliphatic rings. The summed E-state index contributed by atoms with van der Waals surface area (Å²) in [5, 5.41) is 5.79. The maximum Gasteiger partial charge on any atom is 0.273 e. The third kappa shape index (κ3) is 5.30. The van der Waals surface area contributed by atoms with Crippen LogP contribution in [0, 0.1) is 11.3 Å². The van der Waals surface area contributed by atoms with Crippen LogP contribution in [0.15, 0.2) is 41.4 Å². The largest absolute Gasteiger partial charge is 0.370 e. The monoisotopic (exact) mass is 534 g/mol. The van der Waals surface area contributed by atoms with Crippen molar-refractivity contribution in [3.8, 4) is 0 Å². The molecule has 39 heavy (non-hydrogen) atoms. The molecule has 1 fully saturated rings. The SMILES string of the molecule is CC1(C)Cc2ccc(C3CC3CCC3CC(=O)NC(N)=N3)cc2C(NC(=O)c2ccc3c(c2)CCC3(F)F)C1. The molecule has 3 aliphatic carbocycles. The van der Waals surface area contributed by atoms with Gasteiger partial charge < -0.3 is 11.1 Å². The van der Waals surface area contributed by atoms with Gasteiger partial charge in [-0.2, -0.15) is 0 Å². The van der Waals surface area contributed by atoms with E-state index in [0.29, 0.717) is 35.8 Å². The standard InChI is InChI=1S/C31H36F2N4O2/c1-30(2)15-21-4-3-17(23-12-18(23)5-7-22-14-27(38)37-29(34)35-22)13-24(21)26(16-30)36-28(39)20-6-8-25-19(11-20)9-10-31(25,32)33/h3-4,6,8,11,13,18,22-23,26H,5,7,9-10,12,14-16H2,1-2H3,(H,36,39)(H3,34,35,37,38). The molecule has 0 radical (unpaired) electrons. The minimum Gasteiger partial charge on any atom is -0.370 e. The van der Waals surface area contributed by atoms with Gasteiger partial charge in [-0.3, -0.25) is 14.9 Å². The summed E-state index contributed by atoms with van der Waals surface area (Å²) in [6, 6.07) is 11.1. The van der Waals surface area contributed by atoms with Gasteiger partial charge in [0.15, 0.2) is 5.96 Å². The van der Waals surface area contributed by atoms with Crippen LogP contribution in [0.4, 0.5) is 8.78 Å². The summed E-state index contributed by atoms with van der Waals surface area (Å²) >= 11 is 0. The zero-order valence-electron chi connectivity index (χ0n) is 22.5. The summed E-state index contributed by atoms with van der Waals surface area (Å²) in [6.07, 6.45) is 5.21. The number of rotatable bonds is 6. The number of hydrogen-bond acceptors (Lipinski definition) is 4. The summed E-state index contributed by atoms with van der Waals surface area (Å²) in [7, 11) is 0. The topological polar surface area (TPSA) is 96.6 Å². The third-order valence-corrected chi connectivity index (χ3v) is 8.98. The third-order valence-electron chi connectivity index (χ3n) is 8.98. The maximum atomic E-state index is 14.1. The molecule has 0 saturated heterocycles. The molecule has 6 nitrogen and oxygen atoms in total. The molecule has 4 N–H and O–H groups in total. The van der Waals surface area contributed by atoms with Gasteiger partial charge in [-0.05, 0) is 90.2 Å². The van der Waals surface area contributed by atoms with Crippen LogP contribution in [-0.2, 0) is 23.6 Å². The zero-order valence-corrected chi connectivity index (χ0v) is 22.5. The first-order chi connectivity index (χ1) is 18.5. The number of carbonyl (C=O) groups excluding carboxylic acids is 2. The predicted molar refractivity (Wildman–Crippen MR) is 146 cm³/mol. The molecule has 2 aromatic rings. The predicted octanol–water partition coefficient (Wildman–Crippen LogP) is 5.26. The van der Waals surface area contributed by atoms with Crippen LogP contribution in [0.3, 0.4) is 0 Å². The molecule has 2 amide bonds. The zero-order chi connectivity index (χ0) is 27.5. The lowest BCUT2D eigenvalue weighted by Crippen LogP contribution is -2.43. The van der Waals surface area contributed by atoms with Crippen molar-refractivity contribution in [2.45, 2.75) is 89.1 Å². The van der Waals surface area contributed by atoms with E-state index in [1.165, 1.54) is 28.8 Å². The van der Waals surface area contributed by atoms with Gasteiger partial charge in [-0.1, -0.05) is 38.1 Å². The van der Waals surface area contributed by atoms with Gasteiger partial charge in [0.2, 0.25) is 5.91 Å². The van der Waals surface area contributed by atoms with E-state index in [-0.39, 0.29) is 47.3 Å². The average Bonchev–Trinajstić information content (AvgIpc) is 3.58. The van der Waals surface area contributed by atoms with E-state index in [0.717, 1.165) is 32.1 Å². The van der Waals surface area contributed by atoms with Crippen LogP contribution in [0.25, 0.3) is 0 Å². The van der Waals surface area contributed by atoms with Gasteiger partial charge in [0.25, 0.3) is 11.8 Å². The number of fused-ring (bicyclic) bond motifs is 2. The quantitative estimate of drug-likeness (QED) is 0.472. The van der Waals surface area contributed by atoms with Gasteiger partial charge in [0.05, 0.1) is 12.1 Å². The Morgan fingerprint density at radius 3 is 2.77 bits per heavy atom. The minimum absolute atomic E-state index is 0.0310. The molecule has 2 aromatic carbocycles. The second-order valence-electron chi connectivity index (χ2n) is 12.7. The number of nitrogens with zero attached hydrogens (tertiary/aromatic N) is 1. The Bertz CT molecular complexity index is 1370. The highest BCUT2D eigenvalue weighted by Gasteiger charge is 2.41. The number of amides is 2. The number of carbonyl (C=O) groups is 2. The molecule has 8 heteroatoms. The van der Waals surface area contributed by atoms with Gasteiger partial charge in [-0.15, -0.1) is 0 Å². The Morgan fingerprint density at radius 1 is 1.15 bits per heavy atom. The van der Waals surface area contributed by atoms with Gasteiger partial charge in [0, 0.05) is 24.0 Å². The highest BCUT2D eigenvalue weighted by Crippen LogP contribution is 2.52. The summed E-state index contributed by atoms with van der Waals surface area (Å²) in [5.41, 5.74) is 10.5. The van der Waals surface area contributed by atoms with Crippen molar-refractivity contribution in [2.24, 2.45) is 22.1 Å². The number of nitrogens with one attached hydrogen (secondary N) is 2. The lowest BCUT2D eigenvalue weighted by Gasteiger charge is -2.37. The molecule has 6 rings (SSSR count). The minimum atomic E-state index is -2.81. The van der Waals surface area contributed by atoms with Crippen LogP contribution in [0.2, 0.25) is 0 Å². The van der Waals surface area contributed by atoms with E-state index >= 15 is 0 Å². The molecule has 1 aliphatic heterocycles. The molecule has 0 aromatic heterocycles. The normalized spacial score (nSPS) is 28.1. The number of aliphatic imine (C=N–C) groups is 1. The summed E-state index contributed by atoms with van der Waals surface area (Å²) < 4.78 is 28.2. The van der Waals surface area contributed by atoms with Crippen LogP contribution < -0.4 is 16.4 Å². The second-order valence-corrected chi connectivity index (χ2v) is 12.7. The highest BCUT2D eigenvalue weighted by molar-refractivity contribution is 5.98. The van der Waals surface area contributed by atoms with Gasteiger partial charge in [-0.25, -0.2) is 13.8 Å². The first-order valence-corrected chi connectivity index (χ1v) is 14.1. The fourth-order valence-corrected chi connectivity index (χ4v) is 6.91. The maximum absolute atomic E-state index is 14.1. The Balaban J connectivity index is 1.16. The van der Waals surface area contributed by atoms with Crippen molar-refractivity contribution < 1.29 is 18.4 Å². The van der Waals surface area contributed by atoms with Crippen molar-refractivity contribution in [1.82, 2.24) is 10.6 Å². The summed E-state index contributed by atoms with van der Waals surface area (Å²) in [6.45, 7) is 4.44. The lowest BCUT2D eigenvalue weighted by atomic mass is 9.71. The first kappa shape index (κ1) is 26.0. The van der Waals surface area contributed by atoms with E-state index < -0.39 is 5.92 Å². The molecule has 1 heterocycles. The summed E-state index contributed by atoms with van der Waals surface area (Å²) in [5.74, 6) is -1.84. The first-order valence-electron chi connectivity index (χ1n) is 14.1. The van der Waals surface area contributed by atoms with E-state index in [2.05, 4.69) is 47.7 Å². The van der Waals surface area contributed by atoms with Crippen molar-refractivity contribution in [3.05, 3.63) is 69.8 Å². The fraction of sp³-hybridized carbons (Fsp3) is 0.516. The van der Waals surface area contributed by atoms with Crippen LogP contribution in [-0.4, -0.2) is 23.8 Å². The molecule has 206 valence electrons. The van der Waals surface area contributed by atoms with Crippen LogP contribution in [0.5, 0.6) is 0 Å². The fourth-order valence-electron chi connectivity index (χ4n) is 6.91. The number of benzene rings is 2. The van der Waals surface area contributed by atoms with Crippen molar-refractivity contribution >= 4 is 17.8 Å². The number of hydrogen-bond donors (Lipinski definition) is 3. The number of guanidine groups is 1. The van der Waals surface area contributed by atoms with E-state index in [1.807, 2.05) is 0 Å². The molecular weight excluding hydrogens is 498 g/mol. The van der Waals surface area contributed by atoms with E-state index in [4.69, 9.17) is 5.73 Å². The Labute approximate surface area is 227 Å². The van der Waals surface area contributed by atoms with Crippen LogP contribution in [0.1, 0.15) is 103 Å². The van der Waals surface area contributed by atoms with Gasteiger partial charge in [0.1, 0.15) is 0 Å². The highest BCUT2D eigenvalue weighted by atomic mass is 19.3. The van der Waals surface area contributed by atoms with E-state index in [9.17, 15) is 18.4 Å². The molecule has 0 spiro atoms.